The molecule has 0 heterocycles. The number of carbonyl (C=O) groups excluding carboxylic acids is 2. The molecule has 2 atom stereocenters. The molecule has 142 valence electrons. The number of amides is 2. The highest BCUT2D eigenvalue weighted by Gasteiger charge is 2.47. The lowest BCUT2D eigenvalue weighted by Crippen LogP contribution is -2.27. The molecule has 0 aliphatic heterocycles. The summed E-state index contributed by atoms with van der Waals surface area (Å²) in [6.07, 6.45) is 0.705. The first kappa shape index (κ1) is 19.0. The average molecular weight is 366 g/mol. The van der Waals surface area contributed by atoms with Gasteiger partial charge in [-0.15, -0.1) is 0 Å². The SMILES string of the molecule is Cc1ccc(CNC(=O)C2CC2C(=O)Nc2ccc(OC(C)C)cc2)cc1. The van der Waals surface area contributed by atoms with Gasteiger partial charge >= 0.3 is 0 Å². The Kier molecular flexibility index (Phi) is 5.79. The van der Waals surface area contributed by atoms with Crippen LogP contribution in [0.5, 0.6) is 5.75 Å². The molecule has 1 saturated carbocycles. The van der Waals surface area contributed by atoms with Crippen molar-refractivity contribution in [3.63, 3.8) is 0 Å². The number of benzene rings is 2. The summed E-state index contributed by atoms with van der Waals surface area (Å²) in [7, 11) is 0. The van der Waals surface area contributed by atoms with Gasteiger partial charge in [-0.3, -0.25) is 9.59 Å². The van der Waals surface area contributed by atoms with Crippen molar-refractivity contribution in [3.8, 4) is 5.75 Å². The Morgan fingerprint density at radius 3 is 2.26 bits per heavy atom. The molecule has 0 radical (unpaired) electrons. The van der Waals surface area contributed by atoms with Crippen LogP contribution < -0.4 is 15.4 Å². The highest BCUT2D eigenvalue weighted by atomic mass is 16.5. The van der Waals surface area contributed by atoms with E-state index in [-0.39, 0.29) is 29.8 Å². The zero-order valence-corrected chi connectivity index (χ0v) is 16.0. The summed E-state index contributed by atoms with van der Waals surface area (Å²) in [5.74, 6) is 0.107. The summed E-state index contributed by atoms with van der Waals surface area (Å²) >= 11 is 0. The largest absolute Gasteiger partial charge is 0.491 e. The average Bonchev–Trinajstić information content (AvgIpc) is 3.43. The molecule has 0 saturated heterocycles. The number of anilines is 1. The van der Waals surface area contributed by atoms with Crippen molar-refractivity contribution in [3.05, 3.63) is 59.7 Å². The first-order valence-corrected chi connectivity index (χ1v) is 9.33. The second kappa shape index (κ2) is 8.25. The van der Waals surface area contributed by atoms with Crippen LogP contribution in [-0.2, 0) is 16.1 Å². The van der Waals surface area contributed by atoms with Crippen LogP contribution in [0.25, 0.3) is 0 Å². The maximum Gasteiger partial charge on any atom is 0.228 e. The molecule has 0 spiro atoms. The quantitative estimate of drug-likeness (QED) is 0.786. The van der Waals surface area contributed by atoms with Gasteiger partial charge in [-0.2, -0.15) is 0 Å². The summed E-state index contributed by atoms with van der Waals surface area (Å²) in [6.45, 7) is 6.45. The number of hydrogen-bond donors (Lipinski definition) is 2. The molecule has 2 aromatic rings. The van der Waals surface area contributed by atoms with Crippen LogP contribution in [0.15, 0.2) is 48.5 Å². The molecule has 2 aromatic carbocycles. The fraction of sp³-hybridized carbons (Fsp3) is 0.364. The Morgan fingerprint density at radius 1 is 1.00 bits per heavy atom. The Bertz CT molecular complexity index is 797. The van der Waals surface area contributed by atoms with Gasteiger partial charge in [-0.25, -0.2) is 0 Å². The maximum atomic E-state index is 12.3. The number of carbonyl (C=O) groups is 2. The fourth-order valence-electron chi connectivity index (χ4n) is 2.92. The normalized spacial score (nSPS) is 18.1. The van der Waals surface area contributed by atoms with Crippen LogP contribution in [-0.4, -0.2) is 17.9 Å². The van der Waals surface area contributed by atoms with E-state index in [0.29, 0.717) is 18.7 Å². The van der Waals surface area contributed by atoms with Crippen molar-refractivity contribution in [2.24, 2.45) is 11.8 Å². The van der Waals surface area contributed by atoms with E-state index in [0.717, 1.165) is 11.3 Å². The van der Waals surface area contributed by atoms with E-state index in [2.05, 4.69) is 10.6 Å². The number of rotatable bonds is 7. The van der Waals surface area contributed by atoms with Gasteiger partial charge < -0.3 is 15.4 Å². The predicted molar refractivity (Wildman–Crippen MR) is 105 cm³/mol. The summed E-state index contributed by atoms with van der Waals surface area (Å²) < 4.78 is 5.59. The van der Waals surface area contributed by atoms with Crippen LogP contribution in [0, 0.1) is 18.8 Å². The predicted octanol–water partition coefficient (Wildman–Crippen LogP) is 3.67. The third-order valence-electron chi connectivity index (χ3n) is 4.54. The van der Waals surface area contributed by atoms with Gasteiger partial charge in [-0.05, 0) is 57.0 Å². The minimum atomic E-state index is -0.255. The van der Waals surface area contributed by atoms with Crippen LogP contribution in [0.2, 0.25) is 0 Å². The molecule has 0 aromatic heterocycles. The fourth-order valence-corrected chi connectivity index (χ4v) is 2.92. The van der Waals surface area contributed by atoms with Crippen molar-refractivity contribution in [1.82, 2.24) is 5.32 Å². The number of aryl methyl sites for hydroxylation is 1. The van der Waals surface area contributed by atoms with Crippen molar-refractivity contribution in [2.45, 2.75) is 39.8 Å². The number of ether oxygens (including phenoxy) is 1. The highest BCUT2D eigenvalue weighted by molar-refractivity contribution is 5.99. The first-order chi connectivity index (χ1) is 12.9. The Labute approximate surface area is 160 Å². The van der Waals surface area contributed by atoms with Crippen molar-refractivity contribution in [1.29, 1.82) is 0 Å². The number of nitrogens with one attached hydrogen (secondary N) is 2. The Balaban J connectivity index is 1.45. The van der Waals surface area contributed by atoms with Crippen molar-refractivity contribution < 1.29 is 14.3 Å². The molecule has 2 N–H and O–H groups in total. The molecule has 0 bridgehead atoms. The topological polar surface area (TPSA) is 67.4 Å². The van der Waals surface area contributed by atoms with Gasteiger partial charge in [0.05, 0.1) is 17.9 Å². The van der Waals surface area contributed by atoms with Crippen LogP contribution in [0.1, 0.15) is 31.4 Å². The molecule has 2 unspecified atom stereocenters. The lowest BCUT2D eigenvalue weighted by atomic mass is 10.1. The zero-order chi connectivity index (χ0) is 19.4. The molecule has 2 amide bonds. The van der Waals surface area contributed by atoms with Crippen LogP contribution >= 0.6 is 0 Å². The second-order valence-electron chi connectivity index (χ2n) is 7.33. The Morgan fingerprint density at radius 2 is 1.63 bits per heavy atom. The molecular formula is C22H26N2O3. The first-order valence-electron chi connectivity index (χ1n) is 9.33. The van der Waals surface area contributed by atoms with Crippen LogP contribution in [0.4, 0.5) is 5.69 Å². The third kappa shape index (κ3) is 5.33. The van der Waals surface area contributed by atoms with E-state index < -0.39 is 0 Å². The van der Waals surface area contributed by atoms with Crippen molar-refractivity contribution >= 4 is 17.5 Å². The van der Waals surface area contributed by atoms with Gasteiger partial charge in [0, 0.05) is 12.2 Å². The summed E-state index contributed by atoms with van der Waals surface area (Å²) in [6, 6.07) is 15.3. The van der Waals surface area contributed by atoms with Gasteiger partial charge in [0.2, 0.25) is 11.8 Å². The third-order valence-corrected chi connectivity index (χ3v) is 4.54. The lowest BCUT2D eigenvalue weighted by molar-refractivity contribution is -0.125. The van der Waals surface area contributed by atoms with Gasteiger partial charge in [0.1, 0.15) is 5.75 Å². The summed E-state index contributed by atoms with van der Waals surface area (Å²) in [5.41, 5.74) is 2.95. The van der Waals surface area contributed by atoms with Crippen molar-refractivity contribution in [2.75, 3.05) is 5.32 Å². The molecule has 5 nitrogen and oxygen atoms in total. The number of hydrogen-bond acceptors (Lipinski definition) is 3. The lowest BCUT2D eigenvalue weighted by Gasteiger charge is -2.10. The maximum absolute atomic E-state index is 12.3. The standard InChI is InChI=1S/C22H26N2O3/c1-14(2)27-18-10-8-17(9-11-18)24-22(26)20-12-19(20)21(25)23-13-16-6-4-15(3)5-7-16/h4-11,14,19-20H,12-13H2,1-3H3,(H,23,25)(H,24,26). The van der Waals surface area contributed by atoms with Crippen LogP contribution in [0.3, 0.4) is 0 Å². The minimum Gasteiger partial charge on any atom is -0.491 e. The smallest absolute Gasteiger partial charge is 0.228 e. The van der Waals surface area contributed by atoms with E-state index >= 15 is 0 Å². The molecule has 5 heteroatoms. The van der Waals surface area contributed by atoms with E-state index in [1.165, 1.54) is 5.56 Å². The molecular weight excluding hydrogens is 340 g/mol. The molecule has 1 aliphatic rings. The molecule has 1 aliphatic carbocycles. The van der Waals surface area contributed by atoms with E-state index in [1.54, 1.807) is 0 Å². The molecule has 27 heavy (non-hydrogen) atoms. The summed E-state index contributed by atoms with van der Waals surface area (Å²) in [4.78, 5) is 24.6. The Hall–Kier alpha value is -2.82. The van der Waals surface area contributed by atoms with E-state index in [9.17, 15) is 9.59 Å². The summed E-state index contributed by atoms with van der Waals surface area (Å²) in [5, 5.41) is 5.79. The monoisotopic (exact) mass is 366 g/mol. The molecule has 1 fully saturated rings. The molecule has 3 rings (SSSR count). The van der Waals surface area contributed by atoms with E-state index in [1.807, 2.05) is 69.3 Å². The van der Waals surface area contributed by atoms with E-state index in [4.69, 9.17) is 4.74 Å². The minimum absolute atomic E-state index is 0.0589. The van der Waals surface area contributed by atoms with Gasteiger partial charge in [0.25, 0.3) is 0 Å². The van der Waals surface area contributed by atoms with Gasteiger partial charge in [-0.1, -0.05) is 29.8 Å². The second-order valence-corrected chi connectivity index (χ2v) is 7.33. The van der Waals surface area contributed by atoms with Gasteiger partial charge in [0.15, 0.2) is 0 Å². The zero-order valence-electron chi connectivity index (χ0n) is 16.0. The highest BCUT2D eigenvalue weighted by Crippen LogP contribution is 2.39.